The first-order valence-corrected chi connectivity index (χ1v) is 7.31. The molecule has 1 aliphatic rings. The van der Waals surface area contributed by atoms with Crippen molar-refractivity contribution in [2.24, 2.45) is 5.92 Å². The Morgan fingerprint density at radius 1 is 1.58 bits per heavy atom. The summed E-state index contributed by atoms with van der Waals surface area (Å²) in [7, 11) is 0. The van der Waals surface area contributed by atoms with E-state index >= 15 is 0 Å². The van der Waals surface area contributed by atoms with E-state index in [0.29, 0.717) is 17.8 Å². The Morgan fingerprint density at radius 3 is 3.16 bits per heavy atom. The second-order valence-corrected chi connectivity index (χ2v) is 5.40. The molecule has 0 aromatic carbocycles. The zero-order valence-electron chi connectivity index (χ0n) is 11.9. The average molecular weight is 265 g/mol. The van der Waals surface area contributed by atoms with Crippen LogP contribution in [0.25, 0.3) is 0 Å². The van der Waals surface area contributed by atoms with Crippen molar-refractivity contribution in [1.82, 2.24) is 10.3 Å². The maximum absolute atomic E-state index is 13.8. The van der Waals surface area contributed by atoms with Crippen LogP contribution in [0.15, 0.2) is 18.3 Å². The van der Waals surface area contributed by atoms with Gasteiger partial charge in [-0.05, 0) is 50.8 Å². The number of rotatable bonds is 5. The molecule has 4 heteroatoms. The van der Waals surface area contributed by atoms with Gasteiger partial charge >= 0.3 is 0 Å². The third-order valence-electron chi connectivity index (χ3n) is 3.92. The van der Waals surface area contributed by atoms with Crippen molar-refractivity contribution in [3.63, 3.8) is 0 Å². The van der Waals surface area contributed by atoms with E-state index in [2.05, 4.69) is 29.0 Å². The van der Waals surface area contributed by atoms with Crippen molar-refractivity contribution in [3.8, 4) is 0 Å². The number of pyridine rings is 1. The Labute approximate surface area is 115 Å². The van der Waals surface area contributed by atoms with Gasteiger partial charge in [0.2, 0.25) is 0 Å². The summed E-state index contributed by atoms with van der Waals surface area (Å²) in [6.07, 6.45) is 5.14. The van der Waals surface area contributed by atoms with Crippen LogP contribution >= 0.6 is 0 Å². The average Bonchev–Trinajstić information content (AvgIpc) is 2.45. The first kappa shape index (κ1) is 14.3. The van der Waals surface area contributed by atoms with Gasteiger partial charge in [0.15, 0.2) is 11.6 Å². The van der Waals surface area contributed by atoms with E-state index in [1.54, 1.807) is 12.3 Å². The van der Waals surface area contributed by atoms with Crippen LogP contribution in [-0.4, -0.2) is 30.7 Å². The number of halogens is 1. The van der Waals surface area contributed by atoms with E-state index in [1.807, 2.05) is 0 Å². The molecule has 0 aliphatic carbocycles. The highest BCUT2D eigenvalue weighted by atomic mass is 19.1. The third kappa shape index (κ3) is 3.66. The molecule has 0 radical (unpaired) electrons. The lowest BCUT2D eigenvalue weighted by molar-refractivity contribution is 0.318. The van der Waals surface area contributed by atoms with Crippen LogP contribution in [0.5, 0.6) is 0 Å². The summed E-state index contributed by atoms with van der Waals surface area (Å²) in [5.74, 6) is 0.869. The molecule has 19 heavy (non-hydrogen) atoms. The highest BCUT2D eigenvalue weighted by Crippen LogP contribution is 2.25. The number of nitrogens with one attached hydrogen (secondary N) is 1. The monoisotopic (exact) mass is 265 g/mol. The van der Waals surface area contributed by atoms with Crippen molar-refractivity contribution in [3.05, 3.63) is 24.1 Å². The standard InChI is InChI=1S/C15H24FN3/c1-3-8-17-12(2)13-6-5-10-19(11-13)15-14(16)7-4-9-18-15/h4,7,9,12-13,17H,3,5-6,8,10-11H2,1-2H3. The molecule has 0 bridgehead atoms. The lowest BCUT2D eigenvalue weighted by atomic mass is 9.91. The molecule has 1 aromatic rings. The van der Waals surface area contributed by atoms with Crippen LogP contribution in [0.2, 0.25) is 0 Å². The molecule has 3 nitrogen and oxygen atoms in total. The molecule has 0 amide bonds. The van der Waals surface area contributed by atoms with Gasteiger partial charge in [-0.25, -0.2) is 9.37 Å². The molecule has 1 aliphatic heterocycles. The molecule has 1 saturated heterocycles. The van der Waals surface area contributed by atoms with Gasteiger partial charge in [0, 0.05) is 25.3 Å². The van der Waals surface area contributed by atoms with Gasteiger partial charge in [0.1, 0.15) is 0 Å². The molecule has 1 aromatic heterocycles. The Hall–Kier alpha value is -1.16. The van der Waals surface area contributed by atoms with E-state index in [9.17, 15) is 4.39 Å². The minimum Gasteiger partial charge on any atom is -0.354 e. The SMILES string of the molecule is CCCNC(C)C1CCCN(c2ncccc2F)C1. The first-order chi connectivity index (χ1) is 9.22. The number of hydrogen-bond donors (Lipinski definition) is 1. The van der Waals surface area contributed by atoms with Crippen molar-refractivity contribution in [2.45, 2.75) is 39.2 Å². The van der Waals surface area contributed by atoms with Crippen LogP contribution in [0.4, 0.5) is 10.2 Å². The molecule has 2 rings (SSSR count). The molecule has 1 fully saturated rings. The summed E-state index contributed by atoms with van der Waals surface area (Å²) in [6, 6.07) is 3.62. The Balaban J connectivity index is 1.99. The third-order valence-corrected chi connectivity index (χ3v) is 3.92. The molecular weight excluding hydrogens is 241 g/mol. The predicted molar refractivity (Wildman–Crippen MR) is 76.9 cm³/mol. The summed E-state index contributed by atoms with van der Waals surface area (Å²) in [6.45, 7) is 7.27. The highest BCUT2D eigenvalue weighted by molar-refractivity contribution is 5.40. The van der Waals surface area contributed by atoms with Crippen LogP contribution < -0.4 is 10.2 Å². The van der Waals surface area contributed by atoms with Gasteiger partial charge < -0.3 is 10.2 Å². The summed E-state index contributed by atoms with van der Waals surface area (Å²) in [5.41, 5.74) is 0. The highest BCUT2D eigenvalue weighted by Gasteiger charge is 2.26. The number of hydrogen-bond acceptors (Lipinski definition) is 3. The Kier molecular flexibility index (Phi) is 5.14. The van der Waals surface area contributed by atoms with Gasteiger partial charge in [-0.2, -0.15) is 0 Å². The largest absolute Gasteiger partial charge is 0.354 e. The second-order valence-electron chi connectivity index (χ2n) is 5.40. The van der Waals surface area contributed by atoms with Gasteiger partial charge in [-0.3, -0.25) is 0 Å². The van der Waals surface area contributed by atoms with Gasteiger partial charge in [-0.15, -0.1) is 0 Å². The van der Waals surface area contributed by atoms with Crippen molar-refractivity contribution < 1.29 is 4.39 Å². The van der Waals surface area contributed by atoms with Crippen molar-refractivity contribution in [1.29, 1.82) is 0 Å². The van der Waals surface area contributed by atoms with E-state index in [0.717, 1.165) is 32.5 Å². The first-order valence-electron chi connectivity index (χ1n) is 7.31. The minimum atomic E-state index is -0.211. The maximum atomic E-state index is 13.8. The van der Waals surface area contributed by atoms with Crippen LogP contribution in [0, 0.1) is 11.7 Å². The van der Waals surface area contributed by atoms with Crippen LogP contribution in [0.3, 0.4) is 0 Å². The quantitative estimate of drug-likeness (QED) is 0.887. The van der Waals surface area contributed by atoms with Crippen LogP contribution in [-0.2, 0) is 0 Å². The van der Waals surface area contributed by atoms with E-state index < -0.39 is 0 Å². The van der Waals surface area contributed by atoms with Crippen molar-refractivity contribution >= 4 is 5.82 Å². The van der Waals surface area contributed by atoms with E-state index in [1.165, 1.54) is 12.5 Å². The number of piperidine rings is 1. The fourth-order valence-electron chi connectivity index (χ4n) is 2.76. The normalized spacial score (nSPS) is 21.4. The number of nitrogens with zero attached hydrogens (tertiary/aromatic N) is 2. The molecule has 106 valence electrons. The molecule has 0 spiro atoms. The zero-order valence-corrected chi connectivity index (χ0v) is 11.9. The summed E-state index contributed by atoms with van der Waals surface area (Å²) < 4.78 is 13.8. The number of aromatic nitrogens is 1. The minimum absolute atomic E-state index is 0.211. The number of anilines is 1. The van der Waals surface area contributed by atoms with Crippen LogP contribution in [0.1, 0.15) is 33.1 Å². The maximum Gasteiger partial charge on any atom is 0.165 e. The molecule has 1 N–H and O–H groups in total. The summed E-state index contributed by atoms with van der Waals surface area (Å²) in [4.78, 5) is 6.28. The molecule has 2 heterocycles. The van der Waals surface area contributed by atoms with E-state index in [-0.39, 0.29) is 5.82 Å². The lowest BCUT2D eigenvalue weighted by Gasteiger charge is -2.36. The Morgan fingerprint density at radius 2 is 2.42 bits per heavy atom. The lowest BCUT2D eigenvalue weighted by Crippen LogP contribution is -2.45. The topological polar surface area (TPSA) is 28.2 Å². The molecule has 2 unspecified atom stereocenters. The van der Waals surface area contributed by atoms with Gasteiger partial charge in [0.05, 0.1) is 0 Å². The van der Waals surface area contributed by atoms with Crippen molar-refractivity contribution in [2.75, 3.05) is 24.5 Å². The molecular formula is C15H24FN3. The molecule has 0 saturated carbocycles. The fraction of sp³-hybridized carbons (Fsp3) is 0.667. The second kappa shape index (κ2) is 6.85. The Bertz CT molecular complexity index is 397. The summed E-state index contributed by atoms with van der Waals surface area (Å²) >= 11 is 0. The summed E-state index contributed by atoms with van der Waals surface area (Å²) in [5, 5.41) is 3.55. The smallest absolute Gasteiger partial charge is 0.165 e. The fourth-order valence-corrected chi connectivity index (χ4v) is 2.76. The zero-order chi connectivity index (χ0) is 13.7. The van der Waals surface area contributed by atoms with E-state index in [4.69, 9.17) is 0 Å². The van der Waals surface area contributed by atoms with Gasteiger partial charge in [0.25, 0.3) is 0 Å². The predicted octanol–water partition coefficient (Wildman–Crippen LogP) is 2.83. The van der Waals surface area contributed by atoms with Gasteiger partial charge in [-0.1, -0.05) is 6.92 Å². The molecule has 2 atom stereocenters.